The molecular weight excluding hydrogens is 592 g/mol. The van der Waals surface area contributed by atoms with Gasteiger partial charge < -0.3 is 25.2 Å². The van der Waals surface area contributed by atoms with Gasteiger partial charge in [0.15, 0.2) is 5.82 Å². The third kappa shape index (κ3) is 4.61. The van der Waals surface area contributed by atoms with Crippen LogP contribution in [0.5, 0.6) is 17.6 Å². The molecule has 5 aromatic rings. The number of phenolic OH excluding ortho intramolecular Hbond substituents is 1. The topological polar surface area (TPSA) is 123 Å². The Labute approximate surface area is 263 Å². The second-order valence-corrected chi connectivity index (χ2v) is 12.4. The van der Waals surface area contributed by atoms with Crippen molar-refractivity contribution in [3.05, 3.63) is 66.1 Å². The van der Waals surface area contributed by atoms with Gasteiger partial charge in [-0.25, -0.2) is 18.7 Å². The first-order valence-corrected chi connectivity index (χ1v) is 15.6. The molecule has 2 fully saturated rings. The minimum Gasteiger partial charge on any atom is -0.508 e. The van der Waals surface area contributed by atoms with E-state index in [9.17, 15) is 9.50 Å². The highest BCUT2D eigenvalue weighted by atomic mass is 19.1. The quantitative estimate of drug-likeness (QED) is 0.247. The number of aromatic hydroxyl groups is 1. The van der Waals surface area contributed by atoms with Crippen molar-refractivity contribution < 1.29 is 23.4 Å². The summed E-state index contributed by atoms with van der Waals surface area (Å²) in [5, 5.41) is 11.8. The first kappa shape index (κ1) is 28.6. The number of hydrogen-bond acceptors (Lipinski definition) is 10. The summed E-state index contributed by atoms with van der Waals surface area (Å²) in [5.41, 5.74) is 7.21. The van der Waals surface area contributed by atoms with Gasteiger partial charge in [-0.15, -0.1) is 0 Å². The summed E-state index contributed by atoms with van der Waals surface area (Å²) in [6, 6.07) is 13.7. The van der Waals surface area contributed by atoms with Crippen LogP contribution in [-0.2, 0) is 0 Å². The van der Waals surface area contributed by atoms with Crippen LogP contribution in [0.15, 0.2) is 54.7 Å². The molecule has 0 amide bonds. The van der Waals surface area contributed by atoms with Crippen molar-refractivity contribution in [3.63, 3.8) is 0 Å². The highest BCUT2D eigenvalue weighted by Gasteiger charge is 2.49. The number of pyridine rings is 2. The van der Waals surface area contributed by atoms with Crippen molar-refractivity contribution in [1.82, 2.24) is 24.8 Å². The van der Waals surface area contributed by atoms with E-state index in [1.807, 2.05) is 30.0 Å². The molecule has 0 radical (unpaired) electrons. The van der Waals surface area contributed by atoms with Gasteiger partial charge in [-0.3, -0.25) is 4.90 Å². The smallest absolute Gasteiger partial charge is 0.319 e. The lowest BCUT2D eigenvalue weighted by Gasteiger charge is -2.32. The molecular formula is C34H33F2N7O3. The van der Waals surface area contributed by atoms with Gasteiger partial charge in [0.1, 0.15) is 53.4 Å². The van der Waals surface area contributed by atoms with E-state index in [2.05, 4.69) is 14.9 Å². The lowest BCUT2D eigenvalue weighted by atomic mass is 9.95. The molecule has 10 nitrogen and oxygen atoms in total. The third-order valence-electron chi connectivity index (χ3n) is 9.69. The van der Waals surface area contributed by atoms with E-state index in [1.54, 1.807) is 36.5 Å². The molecule has 0 spiro atoms. The molecule has 3 aliphatic heterocycles. The van der Waals surface area contributed by atoms with E-state index in [0.29, 0.717) is 47.5 Å². The molecule has 0 saturated carbocycles. The first-order chi connectivity index (χ1) is 22.3. The van der Waals surface area contributed by atoms with Crippen molar-refractivity contribution in [2.24, 2.45) is 0 Å². The van der Waals surface area contributed by atoms with Crippen LogP contribution >= 0.6 is 0 Å². The van der Waals surface area contributed by atoms with Crippen molar-refractivity contribution in [3.8, 4) is 28.9 Å². The summed E-state index contributed by atoms with van der Waals surface area (Å²) in [7, 11) is 0. The molecule has 46 heavy (non-hydrogen) atoms. The van der Waals surface area contributed by atoms with Crippen LogP contribution in [-0.4, -0.2) is 74.5 Å². The van der Waals surface area contributed by atoms with Crippen molar-refractivity contribution in [2.75, 3.05) is 43.5 Å². The predicted octanol–water partition coefficient (Wildman–Crippen LogP) is 5.58. The van der Waals surface area contributed by atoms with Crippen LogP contribution in [0, 0.1) is 5.82 Å². The molecule has 12 heteroatoms. The highest BCUT2D eigenvalue weighted by Crippen LogP contribution is 2.44. The summed E-state index contributed by atoms with van der Waals surface area (Å²) < 4.78 is 43.9. The van der Waals surface area contributed by atoms with E-state index in [1.165, 1.54) is 0 Å². The van der Waals surface area contributed by atoms with Gasteiger partial charge in [0.25, 0.3) is 0 Å². The molecule has 0 bridgehead atoms. The summed E-state index contributed by atoms with van der Waals surface area (Å²) in [4.78, 5) is 22.6. The number of anilines is 2. The zero-order chi connectivity index (χ0) is 31.6. The van der Waals surface area contributed by atoms with Crippen LogP contribution in [0.25, 0.3) is 32.9 Å². The number of rotatable bonds is 6. The molecule has 2 aromatic carbocycles. The number of aromatic nitrogens is 4. The van der Waals surface area contributed by atoms with Crippen molar-refractivity contribution >= 4 is 33.3 Å². The van der Waals surface area contributed by atoms with E-state index < -0.39 is 17.5 Å². The third-order valence-corrected chi connectivity index (χ3v) is 9.69. The van der Waals surface area contributed by atoms with Gasteiger partial charge in [-0.2, -0.15) is 9.97 Å². The fraction of sp³-hybridized carbons (Fsp3) is 0.353. The molecule has 8 rings (SSSR count). The van der Waals surface area contributed by atoms with Gasteiger partial charge in [0, 0.05) is 30.3 Å². The summed E-state index contributed by atoms with van der Waals surface area (Å²) in [6.45, 7) is 4.01. The Hall–Kier alpha value is -4.84. The fourth-order valence-electron chi connectivity index (χ4n) is 7.46. The van der Waals surface area contributed by atoms with Crippen LogP contribution < -0.4 is 20.1 Å². The second-order valence-electron chi connectivity index (χ2n) is 12.4. The number of benzene rings is 2. The molecule has 0 aliphatic carbocycles. The van der Waals surface area contributed by atoms with Crippen LogP contribution in [0.3, 0.4) is 0 Å². The summed E-state index contributed by atoms with van der Waals surface area (Å²) in [5.74, 6) is 0.438. The van der Waals surface area contributed by atoms with E-state index in [4.69, 9.17) is 25.2 Å². The number of fused-ring (bicyclic) bond motifs is 2. The Kier molecular flexibility index (Phi) is 6.78. The molecule has 2 saturated heterocycles. The molecule has 3 atom stereocenters. The maximum atomic E-state index is 16.9. The number of halogens is 2. The minimum absolute atomic E-state index is 0.00427. The van der Waals surface area contributed by atoms with E-state index in [-0.39, 0.29) is 48.1 Å². The number of hydrogen-bond donors (Lipinski definition) is 2. The molecule has 236 valence electrons. The SMILES string of the molecule is C[C@H](c1cccnc1N)N1CCOc2nc(-c3cccc4cc(O)ccc34)c(F)c3nc(OC[C@@]45CCCN4C[C@H](F)C5)nc1c23. The summed E-state index contributed by atoms with van der Waals surface area (Å²) in [6.07, 6.45) is 2.88. The minimum atomic E-state index is -0.916. The van der Waals surface area contributed by atoms with Gasteiger partial charge in [0.2, 0.25) is 5.88 Å². The van der Waals surface area contributed by atoms with Crippen LogP contribution in [0.1, 0.15) is 37.8 Å². The van der Waals surface area contributed by atoms with Gasteiger partial charge in [0.05, 0.1) is 18.1 Å². The molecule has 3 aromatic heterocycles. The second kappa shape index (κ2) is 10.9. The van der Waals surface area contributed by atoms with Crippen molar-refractivity contribution in [2.45, 2.75) is 43.9 Å². The molecule has 6 heterocycles. The van der Waals surface area contributed by atoms with E-state index in [0.717, 1.165) is 30.3 Å². The van der Waals surface area contributed by atoms with Gasteiger partial charge >= 0.3 is 6.01 Å². The standard InChI is InChI=1S/C34H33F2N7O3/c1-19(23-7-3-11-38-30(23)37)43-13-14-45-32-26-29(27(36)28(39-32)25-6-2-5-20-15-22(44)8-9-24(20)25)40-33(41-31(26)43)46-18-34-10-4-12-42(34)17-21(35)16-34/h2-3,5-9,11,15,19,21,44H,4,10,12-14,16-18H2,1H3,(H2,37,38)/t19-,21-,34+/m1/s1. The predicted molar refractivity (Wildman–Crippen MR) is 170 cm³/mol. The number of ether oxygens (including phenoxy) is 2. The monoisotopic (exact) mass is 625 g/mol. The summed E-state index contributed by atoms with van der Waals surface area (Å²) >= 11 is 0. The number of nitrogens with zero attached hydrogens (tertiary/aromatic N) is 6. The van der Waals surface area contributed by atoms with Crippen LogP contribution in [0.2, 0.25) is 0 Å². The fourth-order valence-corrected chi connectivity index (χ4v) is 7.46. The number of phenols is 1. The molecule has 3 N–H and O–H groups in total. The number of alkyl halides is 1. The largest absolute Gasteiger partial charge is 0.508 e. The Bertz CT molecular complexity index is 1990. The molecule has 3 aliphatic rings. The average molecular weight is 626 g/mol. The Morgan fingerprint density at radius 3 is 2.91 bits per heavy atom. The normalized spacial score (nSPS) is 21.7. The Morgan fingerprint density at radius 2 is 2.04 bits per heavy atom. The lowest BCUT2D eigenvalue weighted by Crippen LogP contribution is -2.43. The zero-order valence-corrected chi connectivity index (χ0v) is 25.3. The van der Waals surface area contributed by atoms with Gasteiger partial charge in [-0.05, 0) is 55.3 Å². The maximum Gasteiger partial charge on any atom is 0.319 e. The zero-order valence-electron chi connectivity index (χ0n) is 25.3. The van der Waals surface area contributed by atoms with Gasteiger partial charge in [-0.1, -0.05) is 30.3 Å². The molecule has 0 unspecified atom stereocenters. The average Bonchev–Trinajstić information content (AvgIpc) is 3.51. The first-order valence-electron chi connectivity index (χ1n) is 15.6. The highest BCUT2D eigenvalue weighted by molar-refractivity contribution is 6.01. The van der Waals surface area contributed by atoms with Crippen LogP contribution in [0.4, 0.5) is 20.4 Å². The number of nitrogens with two attached hydrogens (primary N) is 1. The maximum absolute atomic E-state index is 16.9. The van der Waals surface area contributed by atoms with Crippen molar-refractivity contribution in [1.29, 1.82) is 0 Å². The number of nitrogen functional groups attached to an aromatic ring is 1. The Balaban J connectivity index is 1.30. The van der Waals surface area contributed by atoms with E-state index >= 15 is 4.39 Å². The Morgan fingerprint density at radius 1 is 1.15 bits per heavy atom. The lowest BCUT2D eigenvalue weighted by molar-refractivity contribution is 0.107.